The van der Waals surface area contributed by atoms with E-state index in [0.29, 0.717) is 0 Å². The zero-order valence-corrected chi connectivity index (χ0v) is 9.28. The lowest BCUT2D eigenvalue weighted by atomic mass is 9.91. The van der Waals surface area contributed by atoms with Crippen LogP contribution in [0.15, 0.2) is 6.07 Å². The zero-order valence-electron chi connectivity index (χ0n) is 8.46. The highest BCUT2D eigenvalue weighted by atomic mass is 32.1. The van der Waals surface area contributed by atoms with Crippen LogP contribution in [0.4, 0.5) is 0 Å². The Labute approximate surface area is 87.6 Å². The van der Waals surface area contributed by atoms with Crippen molar-refractivity contribution in [2.45, 2.75) is 38.5 Å². The average molecular weight is 210 g/mol. The first-order valence-corrected chi connectivity index (χ1v) is 5.69. The fourth-order valence-corrected chi connectivity index (χ4v) is 3.09. The fourth-order valence-electron chi connectivity index (χ4n) is 1.74. The molecule has 0 aromatic carbocycles. The number of hydrogen-bond donors (Lipinski definition) is 1. The molecule has 1 aromatic rings. The highest BCUT2D eigenvalue weighted by molar-refractivity contribution is 7.12. The quantitative estimate of drug-likeness (QED) is 0.814. The SMILES string of the molecule is CC(C)(C(=O)O)c1cc2c(s1)CCC2. The first-order valence-electron chi connectivity index (χ1n) is 4.87. The summed E-state index contributed by atoms with van der Waals surface area (Å²) >= 11 is 1.68. The van der Waals surface area contributed by atoms with Gasteiger partial charge in [-0.15, -0.1) is 11.3 Å². The summed E-state index contributed by atoms with van der Waals surface area (Å²) in [5.74, 6) is -0.738. The van der Waals surface area contributed by atoms with Crippen LogP contribution < -0.4 is 0 Å². The molecule has 1 aliphatic carbocycles. The van der Waals surface area contributed by atoms with Crippen LogP contribution in [-0.2, 0) is 23.1 Å². The van der Waals surface area contributed by atoms with Gasteiger partial charge in [0, 0.05) is 9.75 Å². The Morgan fingerprint density at radius 3 is 2.79 bits per heavy atom. The normalized spacial score (nSPS) is 15.6. The molecule has 0 amide bonds. The van der Waals surface area contributed by atoms with Crippen LogP contribution in [-0.4, -0.2) is 11.1 Å². The zero-order chi connectivity index (χ0) is 10.3. The summed E-state index contributed by atoms with van der Waals surface area (Å²) < 4.78 is 0. The van der Waals surface area contributed by atoms with E-state index in [1.54, 1.807) is 25.2 Å². The molecule has 0 aliphatic heterocycles. The molecule has 0 saturated carbocycles. The first kappa shape index (κ1) is 9.71. The van der Waals surface area contributed by atoms with Gasteiger partial charge in [-0.2, -0.15) is 0 Å². The number of carbonyl (C=O) groups is 1. The van der Waals surface area contributed by atoms with Crippen LogP contribution in [0.1, 0.15) is 35.6 Å². The van der Waals surface area contributed by atoms with Crippen molar-refractivity contribution in [3.8, 4) is 0 Å². The van der Waals surface area contributed by atoms with Crippen molar-refractivity contribution in [1.29, 1.82) is 0 Å². The number of thiophene rings is 1. The van der Waals surface area contributed by atoms with Crippen molar-refractivity contribution in [3.05, 3.63) is 21.4 Å². The first-order chi connectivity index (χ1) is 6.51. The van der Waals surface area contributed by atoms with E-state index in [0.717, 1.165) is 17.7 Å². The molecule has 14 heavy (non-hydrogen) atoms. The summed E-state index contributed by atoms with van der Waals surface area (Å²) in [6, 6.07) is 2.08. The number of carboxylic acids is 1. The third-order valence-corrected chi connectivity index (χ3v) is 4.46. The monoisotopic (exact) mass is 210 g/mol. The Bertz CT molecular complexity index is 355. The summed E-state index contributed by atoms with van der Waals surface area (Å²) in [7, 11) is 0. The van der Waals surface area contributed by atoms with E-state index in [1.807, 2.05) is 0 Å². The smallest absolute Gasteiger partial charge is 0.314 e. The van der Waals surface area contributed by atoms with Crippen molar-refractivity contribution in [2.75, 3.05) is 0 Å². The van der Waals surface area contributed by atoms with Gasteiger partial charge in [-0.25, -0.2) is 0 Å². The molecule has 1 aliphatic rings. The fraction of sp³-hybridized carbons (Fsp3) is 0.545. The van der Waals surface area contributed by atoms with Gasteiger partial charge in [-0.3, -0.25) is 4.79 Å². The maximum absolute atomic E-state index is 11.1. The van der Waals surface area contributed by atoms with Crippen LogP contribution in [0.3, 0.4) is 0 Å². The number of hydrogen-bond acceptors (Lipinski definition) is 2. The van der Waals surface area contributed by atoms with Crippen LogP contribution >= 0.6 is 11.3 Å². The molecule has 0 unspecified atom stereocenters. The summed E-state index contributed by atoms with van der Waals surface area (Å²) in [6.07, 6.45) is 3.49. The lowest BCUT2D eigenvalue weighted by Crippen LogP contribution is -2.27. The molecule has 3 heteroatoms. The minimum absolute atomic E-state index is 0.727. The molecule has 0 saturated heterocycles. The number of aliphatic carboxylic acids is 1. The lowest BCUT2D eigenvalue weighted by Gasteiger charge is -2.16. The summed E-state index contributed by atoms with van der Waals surface area (Å²) in [5, 5.41) is 9.09. The third-order valence-electron chi connectivity index (χ3n) is 2.90. The van der Waals surface area contributed by atoms with Crippen LogP contribution in [0, 0.1) is 0 Å². The van der Waals surface area contributed by atoms with E-state index in [4.69, 9.17) is 5.11 Å². The van der Waals surface area contributed by atoms with Gasteiger partial charge >= 0.3 is 5.97 Å². The predicted octanol–water partition coefficient (Wildman–Crippen LogP) is 2.60. The standard InChI is InChI=1S/C11H14O2S/c1-11(2,10(12)13)9-6-7-4-3-5-8(7)14-9/h6H,3-5H2,1-2H3,(H,12,13). The van der Waals surface area contributed by atoms with Gasteiger partial charge in [-0.05, 0) is 44.7 Å². The molecule has 0 fully saturated rings. The van der Waals surface area contributed by atoms with Gasteiger partial charge in [0.1, 0.15) is 0 Å². The Morgan fingerprint density at radius 1 is 1.50 bits per heavy atom. The Morgan fingerprint density at radius 2 is 2.21 bits per heavy atom. The highest BCUT2D eigenvalue weighted by Gasteiger charge is 2.32. The predicted molar refractivity (Wildman–Crippen MR) is 57.0 cm³/mol. The van der Waals surface area contributed by atoms with Crippen molar-refractivity contribution in [2.24, 2.45) is 0 Å². The topological polar surface area (TPSA) is 37.3 Å². The van der Waals surface area contributed by atoms with E-state index >= 15 is 0 Å². The van der Waals surface area contributed by atoms with Gasteiger partial charge in [-0.1, -0.05) is 0 Å². The van der Waals surface area contributed by atoms with Crippen molar-refractivity contribution in [1.82, 2.24) is 0 Å². The van der Waals surface area contributed by atoms with Gasteiger partial charge in [0.15, 0.2) is 0 Å². The van der Waals surface area contributed by atoms with E-state index in [1.165, 1.54) is 16.9 Å². The average Bonchev–Trinajstić information content (AvgIpc) is 2.60. The Hall–Kier alpha value is -0.830. The van der Waals surface area contributed by atoms with E-state index in [9.17, 15) is 4.79 Å². The van der Waals surface area contributed by atoms with Crippen molar-refractivity contribution < 1.29 is 9.90 Å². The van der Waals surface area contributed by atoms with Crippen LogP contribution in [0.2, 0.25) is 0 Å². The second-order valence-corrected chi connectivity index (χ2v) is 5.48. The van der Waals surface area contributed by atoms with E-state index in [2.05, 4.69) is 6.07 Å². The molecule has 1 heterocycles. The maximum atomic E-state index is 11.1. The Balaban J connectivity index is 2.38. The molecular formula is C11H14O2S. The second-order valence-electron chi connectivity index (χ2n) is 4.34. The van der Waals surface area contributed by atoms with E-state index in [-0.39, 0.29) is 0 Å². The molecule has 76 valence electrons. The maximum Gasteiger partial charge on any atom is 0.314 e. The number of rotatable bonds is 2. The lowest BCUT2D eigenvalue weighted by molar-refractivity contribution is -0.142. The van der Waals surface area contributed by atoms with Gasteiger partial charge in [0.2, 0.25) is 0 Å². The summed E-state index contributed by atoms with van der Waals surface area (Å²) in [6.45, 7) is 3.55. The van der Waals surface area contributed by atoms with Gasteiger partial charge in [0.25, 0.3) is 0 Å². The molecule has 0 radical (unpaired) electrons. The summed E-state index contributed by atoms with van der Waals surface area (Å²) in [5.41, 5.74) is 0.647. The summed E-state index contributed by atoms with van der Waals surface area (Å²) in [4.78, 5) is 13.4. The molecule has 2 nitrogen and oxygen atoms in total. The minimum atomic E-state index is -0.738. The molecule has 0 bridgehead atoms. The number of carboxylic acid groups (broad SMARTS) is 1. The highest BCUT2D eigenvalue weighted by Crippen LogP contribution is 2.37. The molecule has 0 atom stereocenters. The Kier molecular flexibility index (Phi) is 2.14. The third kappa shape index (κ3) is 1.36. The van der Waals surface area contributed by atoms with Crippen molar-refractivity contribution >= 4 is 17.3 Å². The van der Waals surface area contributed by atoms with Crippen molar-refractivity contribution in [3.63, 3.8) is 0 Å². The second kappa shape index (κ2) is 3.09. The molecule has 2 rings (SSSR count). The van der Waals surface area contributed by atoms with E-state index < -0.39 is 11.4 Å². The largest absolute Gasteiger partial charge is 0.481 e. The van der Waals surface area contributed by atoms with Gasteiger partial charge < -0.3 is 5.11 Å². The molecule has 0 spiro atoms. The minimum Gasteiger partial charge on any atom is -0.481 e. The number of aryl methyl sites for hydroxylation is 2. The van der Waals surface area contributed by atoms with Crippen LogP contribution in [0.25, 0.3) is 0 Å². The number of fused-ring (bicyclic) bond motifs is 1. The van der Waals surface area contributed by atoms with Crippen LogP contribution in [0.5, 0.6) is 0 Å². The molecular weight excluding hydrogens is 196 g/mol. The molecule has 1 aromatic heterocycles. The molecule has 1 N–H and O–H groups in total. The van der Waals surface area contributed by atoms with Gasteiger partial charge in [0.05, 0.1) is 5.41 Å².